The van der Waals surface area contributed by atoms with Crippen molar-refractivity contribution < 1.29 is 0 Å². The van der Waals surface area contributed by atoms with Gasteiger partial charge in [0.2, 0.25) is 5.16 Å². The van der Waals surface area contributed by atoms with Gasteiger partial charge in [-0.05, 0) is 72.0 Å². The fourth-order valence-corrected chi connectivity index (χ4v) is 6.02. The van der Waals surface area contributed by atoms with Crippen molar-refractivity contribution in [2.24, 2.45) is 5.92 Å². The lowest BCUT2D eigenvalue weighted by atomic mass is 9.89. The van der Waals surface area contributed by atoms with Gasteiger partial charge in [-0.2, -0.15) is 4.68 Å². The van der Waals surface area contributed by atoms with E-state index in [0.29, 0.717) is 5.16 Å². The maximum Gasteiger partial charge on any atom is 0.220 e. The van der Waals surface area contributed by atoms with Crippen molar-refractivity contribution in [1.29, 1.82) is 0 Å². The fourth-order valence-electron chi connectivity index (χ4n) is 3.54. The SMILES string of the molecule is Cc1nc(Sc2nnnn2-c2ccccc2)c2c3c(sc2n1)C[C@H](C)CC3. The molecule has 136 valence electrons. The molecule has 8 heteroatoms. The van der Waals surface area contributed by atoms with Gasteiger partial charge in [0.05, 0.1) is 5.69 Å². The molecule has 0 amide bonds. The van der Waals surface area contributed by atoms with E-state index in [2.05, 4.69) is 22.4 Å². The number of benzene rings is 1. The van der Waals surface area contributed by atoms with Crippen LogP contribution in [0, 0.1) is 12.8 Å². The number of thiophene rings is 1. The summed E-state index contributed by atoms with van der Waals surface area (Å²) < 4.78 is 1.76. The lowest BCUT2D eigenvalue weighted by Crippen LogP contribution is -2.08. The summed E-state index contributed by atoms with van der Waals surface area (Å²) in [6, 6.07) is 9.94. The summed E-state index contributed by atoms with van der Waals surface area (Å²) in [5.74, 6) is 1.52. The summed E-state index contributed by atoms with van der Waals surface area (Å²) in [6.07, 6.45) is 3.46. The second kappa shape index (κ2) is 6.69. The van der Waals surface area contributed by atoms with Crippen molar-refractivity contribution >= 4 is 33.3 Å². The van der Waals surface area contributed by atoms with E-state index in [4.69, 9.17) is 9.97 Å². The normalized spacial score (nSPS) is 16.6. The fraction of sp³-hybridized carbons (Fsp3) is 0.316. The van der Waals surface area contributed by atoms with Crippen LogP contribution >= 0.6 is 23.1 Å². The Labute approximate surface area is 165 Å². The lowest BCUT2D eigenvalue weighted by Gasteiger charge is -2.18. The molecule has 0 fully saturated rings. The number of fused-ring (bicyclic) bond motifs is 3. The second-order valence-electron chi connectivity index (χ2n) is 6.92. The van der Waals surface area contributed by atoms with Crippen molar-refractivity contribution in [1.82, 2.24) is 30.2 Å². The average molecular weight is 395 g/mol. The zero-order valence-corrected chi connectivity index (χ0v) is 16.7. The first-order valence-electron chi connectivity index (χ1n) is 8.99. The molecule has 1 aliphatic carbocycles. The van der Waals surface area contributed by atoms with E-state index in [1.54, 1.807) is 4.68 Å². The molecule has 3 aromatic heterocycles. The van der Waals surface area contributed by atoms with E-state index in [0.717, 1.165) is 40.1 Å². The van der Waals surface area contributed by atoms with Gasteiger partial charge in [0.25, 0.3) is 0 Å². The van der Waals surface area contributed by atoms with Gasteiger partial charge in [0.15, 0.2) is 0 Å². The summed E-state index contributed by atoms with van der Waals surface area (Å²) in [6.45, 7) is 4.28. The van der Waals surface area contributed by atoms with Gasteiger partial charge in [-0.15, -0.1) is 16.4 Å². The molecule has 0 unspecified atom stereocenters. The van der Waals surface area contributed by atoms with Crippen molar-refractivity contribution in [3.05, 3.63) is 46.6 Å². The molecule has 0 bridgehead atoms. The molecule has 0 saturated heterocycles. The summed E-state index contributed by atoms with van der Waals surface area (Å²) >= 11 is 3.34. The Kier molecular flexibility index (Phi) is 4.17. The van der Waals surface area contributed by atoms with E-state index >= 15 is 0 Å². The van der Waals surface area contributed by atoms with Gasteiger partial charge < -0.3 is 0 Å². The first kappa shape index (κ1) is 16.8. The van der Waals surface area contributed by atoms with Crippen LogP contribution in [-0.4, -0.2) is 30.2 Å². The Balaban J connectivity index is 1.62. The first-order valence-corrected chi connectivity index (χ1v) is 10.6. The Morgan fingerprint density at radius 2 is 2.04 bits per heavy atom. The van der Waals surface area contributed by atoms with Crippen LogP contribution in [0.4, 0.5) is 0 Å². The molecule has 0 spiro atoms. The number of hydrogen-bond donors (Lipinski definition) is 0. The third-order valence-corrected chi connectivity index (χ3v) is 6.94. The van der Waals surface area contributed by atoms with Crippen molar-refractivity contribution in [2.45, 2.75) is 43.3 Å². The maximum atomic E-state index is 4.76. The van der Waals surface area contributed by atoms with Gasteiger partial charge in [-0.25, -0.2) is 9.97 Å². The van der Waals surface area contributed by atoms with Crippen LogP contribution in [-0.2, 0) is 12.8 Å². The molecular weight excluding hydrogens is 376 g/mol. The van der Waals surface area contributed by atoms with Crippen LogP contribution in [0.25, 0.3) is 15.9 Å². The minimum absolute atomic E-state index is 0.713. The summed E-state index contributed by atoms with van der Waals surface area (Å²) in [4.78, 5) is 12.0. The van der Waals surface area contributed by atoms with Crippen molar-refractivity contribution in [2.75, 3.05) is 0 Å². The zero-order valence-electron chi connectivity index (χ0n) is 15.1. The smallest absolute Gasteiger partial charge is 0.220 e. The van der Waals surface area contributed by atoms with E-state index < -0.39 is 0 Å². The van der Waals surface area contributed by atoms with E-state index in [1.807, 2.05) is 48.6 Å². The highest BCUT2D eigenvalue weighted by Gasteiger charge is 2.25. The molecule has 1 aliphatic rings. The van der Waals surface area contributed by atoms with Gasteiger partial charge in [-0.1, -0.05) is 25.1 Å². The van der Waals surface area contributed by atoms with Crippen LogP contribution in [0.5, 0.6) is 0 Å². The molecule has 27 heavy (non-hydrogen) atoms. The lowest BCUT2D eigenvalue weighted by molar-refractivity contribution is 0.509. The van der Waals surface area contributed by atoms with Gasteiger partial charge in [0, 0.05) is 10.3 Å². The maximum absolute atomic E-state index is 4.76. The molecule has 4 aromatic rings. The molecule has 5 rings (SSSR count). The second-order valence-corrected chi connectivity index (χ2v) is 8.96. The molecule has 0 aliphatic heterocycles. The Hall–Kier alpha value is -2.32. The number of rotatable bonds is 3. The van der Waals surface area contributed by atoms with Gasteiger partial charge >= 0.3 is 0 Å². The Bertz CT molecular complexity index is 1120. The standard InChI is InChI=1S/C19H18N6S2/c1-11-8-9-14-15(10-11)26-17-16(14)18(21-12(2)20-17)27-19-22-23-24-25(19)13-6-4-3-5-7-13/h3-7,11H,8-10H2,1-2H3/t11-/m1/s1. The summed E-state index contributed by atoms with van der Waals surface area (Å²) in [5.41, 5.74) is 2.36. The zero-order chi connectivity index (χ0) is 18.4. The van der Waals surface area contributed by atoms with Gasteiger partial charge in [-0.3, -0.25) is 0 Å². The summed E-state index contributed by atoms with van der Waals surface area (Å²) in [7, 11) is 0. The largest absolute Gasteiger partial charge is 0.226 e. The van der Waals surface area contributed by atoms with Crippen LogP contribution in [0.3, 0.4) is 0 Å². The van der Waals surface area contributed by atoms with E-state index in [9.17, 15) is 0 Å². The molecule has 0 N–H and O–H groups in total. The summed E-state index contributed by atoms with van der Waals surface area (Å²) in [5, 5.41) is 15.2. The topological polar surface area (TPSA) is 69.4 Å². The highest BCUT2D eigenvalue weighted by atomic mass is 32.2. The molecule has 1 aromatic carbocycles. The quantitative estimate of drug-likeness (QED) is 0.484. The Morgan fingerprint density at radius 3 is 2.89 bits per heavy atom. The predicted octanol–water partition coefficient (Wildman–Crippen LogP) is 4.25. The number of nitrogens with zero attached hydrogens (tertiary/aromatic N) is 6. The van der Waals surface area contributed by atoms with Gasteiger partial charge in [0.1, 0.15) is 15.7 Å². The molecular formula is C19H18N6S2. The van der Waals surface area contributed by atoms with Crippen LogP contribution in [0.1, 0.15) is 29.6 Å². The number of aryl methyl sites for hydroxylation is 2. The van der Waals surface area contributed by atoms with Crippen LogP contribution in [0.2, 0.25) is 0 Å². The van der Waals surface area contributed by atoms with Crippen molar-refractivity contribution in [3.8, 4) is 5.69 Å². The number of aromatic nitrogens is 6. The average Bonchev–Trinajstić information content (AvgIpc) is 3.25. The molecule has 3 heterocycles. The van der Waals surface area contributed by atoms with Crippen molar-refractivity contribution in [3.63, 3.8) is 0 Å². The monoisotopic (exact) mass is 394 g/mol. The molecule has 0 saturated carbocycles. The Morgan fingerprint density at radius 1 is 1.19 bits per heavy atom. The number of hydrogen-bond acceptors (Lipinski definition) is 7. The highest BCUT2D eigenvalue weighted by molar-refractivity contribution is 7.99. The minimum Gasteiger partial charge on any atom is -0.226 e. The molecule has 1 atom stereocenters. The molecule has 0 radical (unpaired) electrons. The van der Waals surface area contributed by atoms with Crippen LogP contribution in [0.15, 0.2) is 40.5 Å². The van der Waals surface area contributed by atoms with E-state index in [1.165, 1.54) is 34.0 Å². The predicted molar refractivity (Wildman–Crippen MR) is 107 cm³/mol. The number of tetrazole rings is 1. The first-order chi connectivity index (χ1) is 13.2. The number of para-hydroxylation sites is 1. The van der Waals surface area contributed by atoms with Crippen LogP contribution < -0.4 is 0 Å². The third kappa shape index (κ3) is 3.02. The molecule has 6 nitrogen and oxygen atoms in total. The van der Waals surface area contributed by atoms with E-state index in [-0.39, 0.29) is 0 Å². The highest BCUT2D eigenvalue weighted by Crippen LogP contribution is 2.42. The minimum atomic E-state index is 0.713. The third-order valence-electron chi connectivity index (χ3n) is 4.86.